The van der Waals surface area contributed by atoms with E-state index >= 15 is 0 Å². The van der Waals surface area contributed by atoms with Crippen molar-refractivity contribution in [2.75, 3.05) is 19.8 Å². The highest BCUT2D eigenvalue weighted by Crippen LogP contribution is 2.58. The van der Waals surface area contributed by atoms with Crippen LogP contribution < -0.4 is 17.0 Å². The molecule has 3 aliphatic rings. The second kappa shape index (κ2) is 7.46. The lowest BCUT2D eigenvalue weighted by atomic mass is 9.93. The molecule has 3 aliphatic heterocycles. The minimum absolute atomic E-state index is 0.0145. The van der Waals surface area contributed by atoms with Gasteiger partial charge in [0.25, 0.3) is 5.56 Å². The van der Waals surface area contributed by atoms with Crippen LogP contribution in [0.3, 0.4) is 0 Å². The van der Waals surface area contributed by atoms with Crippen LogP contribution in [0.2, 0.25) is 0 Å². The quantitative estimate of drug-likeness (QED) is 0.465. The van der Waals surface area contributed by atoms with E-state index in [1.807, 2.05) is 0 Å². The number of phosphoric ester groups is 1. The van der Waals surface area contributed by atoms with Crippen molar-refractivity contribution in [3.05, 3.63) is 33.1 Å². The molecule has 3 saturated heterocycles. The molecule has 13 heteroatoms. The molecule has 0 spiro atoms. The zero-order valence-electron chi connectivity index (χ0n) is 15.6. The number of fused-ring (bicyclic) bond motifs is 1. The number of nitrogens with one attached hydrogen (secondary N) is 1. The highest BCUT2D eigenvalue weighted by Gasteiger charge is 2.59. The van der Waals surface area contributed by atoms with Crippen molar-refractivity contribution in [3.8, 4) is 0 Å². The van der Waals surface area contributed by atoms with Gasteiger partial charge in [-0.05, 0) is 19.8 Å². The molecule has 0 bridgehead atoms. The molecule has 0 saturated carbocycles. The molecular formula is C16H22N3O9P. The predicted molar refractivity (Wildman–Crippen MR) is 95.9 cm³/mol. The third-order valence-electron chi connectivity index (χ3n) is 5.29. The van der Waals surface area contributed by atoms with Crippen LogP contribution in [0.25, 0.3) is 0 Å². The van der Waals surface area contributed by atoms with Crippen LogP contribution in [0.4, 0.5) is 0 Å². The lowest BCUT2D eigenvalue weighted by Gasteiger charge is -2.35. The average molecular weight is 431 g/mol. The maximum atomic E-state index is 12.9. The number of aromatic nitrogens is 2. The number of H-pyrrole nitrogens is 1. The number of carbonyl (C=O) groups excluding carboxylic acids is 1. The van der Waals surface area contributed by atoms with Gasteiger partial charge in [-0.3, -0.25) is 32.7 Å². The van der Waals surface area contributed by atoms with Crippen LogP contribution in [-0.4, -0.2) is 53.1 Å². The number of ether oxygens (including phenoxy) is 2. The summed E-state index contributed by atoms with van der Waals surface area (Å²) in [6, 6.07) is 1.17. The molecule has 0 aliphatic carbocycles. The smallest absolute Gasteiger partial charge is 0.465 e. The third-order valence-corrected chi connectivity index (χ3v) is 6.74. The van der Waals surface area contributed by atoms with Gasteiger partial charge in [0.1, 0.15) is 12.2 Å². The molecule has 0 aromatic carbocycles. The van der Waals surface area contributed by atoms with E-state index < -0.39 is 43.0 Å². The molecule has 160 valence electrons. The molecular weight excluding hydrogens is 409 g/mol. The van der Waals surface area contributed by atoms with Gasteiger partial charge >= 0.3 is 19.5 Å². The number of cyclic esters (lactones) is 1. The number of hydrogen-bond donors (Lipinski definition) is 2. The van der Waals surface area contributed by atoms with Crippen molar-refractivity contribution in [2.45, 2.75) is 43.7 Å². The predicted octanol–water partition coefficient (Wildman–Crippen LogP) is -0.355. The van der Waals surface area contributed by atoms with Gasteiger partial charge in [0.05, 0.1) is 31.3 Å². The maximum absolute atomic E-state index is 12.9. The SMILES string of the molecule is C[C@@]1(N)[C@@H]2O[P@](=O)(OCCC3CCOC3=O)OC[C@H]2O[C@H]1n1ccc(=O)[nH]c1=O. The van der Waals surface area contributed by atoms with Crippen LogP contribution in [-0.2, 0) is 32.4 Å². The van der Waals surface area contributed by atoms with E-state index in [9.17, 15) is 18.9 Å². The lowest BCUT2D eigenvalue weighted by molar-refractivity contribution is -0.141. The lowest BCUT2D eigenvalue weighted by Crippen LogP contribution is -2.55. The van der Waals surface area contributed by atoms with E-state index in [0.717, 1.165) is 4.57 Å². The van der Waals surface area contributed by atoms with Gasteiger partial charge in [0.2, 0.25) is 0 Å². The summed E-state index contributed by atoms with van der Waals surface area (Å²) < 4.78 is 40.9. The largest absolute Gasteiger partial charge is 0.475 e. The monoisotopic (exact) mass is 431 g/mol. The molecule has 1 unspecified atom stereocenters. The van der Waals surface area contributed by atoms with Gasteiger partial charge in [0, 0.05) is 12.3 Å². The van der Waals surface area contributed by atoms with Gasteiger partial charge < -0.3 is 15.2 Å². The van der Waals surface area contributed by atoms with Crippen molar-refractivity contribution in [3.63, 3.8) is 0 Å². The number of rotatable bonds is 5. The van der Waals surface area contributed by atoms with Gasteiger partial charge in [-0.2, -0.15) is 0 Å². The first-order chi connectivity index (χ1) is 13.7. The summed E-state index contributed by atoms with van der Waals surface area (Å²) in [5.74, 6) is -0.601. The summed E-state index contributed by atoms with van der Waals surface area (Å²) in [7, 11) is -3.93. The second-order valence-corrected chi connectivity index (χ2v) is 9.08. The summed E-state index contributed by atoms with van der Waals surface area (Å²) in [6.07, 6.45) is -0.373. The van der Waals surface area contributed by atoms with Crippen LogP contribution >= 0.6 is 7.82 Å². The van der Waals surface area contributed by atoms with Gasteiger partial charge in [-0.15, -0.1) is 0 Å². The molecule has 0 radical (unpaired) electrons. The number of hydrogen-bond acceptors (Lipinski definition) is 10. The van der Waals surface area contributed by atoms with Crippen molar-refractivity contribution in [2.24, 2.45) is 11.7 Å². The minimum atomic E-state index is -3.93. The van der Waals surface area contributed by atoms with E-state index in [1.165, 1.54) is 12.3 Å². The molecule has 12 nitrogen and oxygen atoms in total. The molecule has 6 atom stereocenters. The number of aromatic amines is 1. The highest BCUT2D eigenvalue weighted by molar-refractivity contribution is 7.48. The third kappa shape index (κ3) is 3.83. The minimum Gasteiger partial charge on any atom is -0.465 e. The Labute approximate surface area is 164 Å². The van der Waals surface area contributed by atoms with Crippen molar-refractivity contribution in [1.82, 2.24) is 9.55 Å². The number of nitrogens with zero attached hydrogens (tertiary/aromatic N) is 1. The molecule has 0 amide bonds. The van der Waals surface area contributed by atoms with Crippen molar-refractivity contribution in [1.29, 1.82) is 0 Å². The zero-order chi connectivity index (χ0) is 20.8. The highest BCUT2D eigenvalue weighted by atomic mass is 31.2. The fraction of sp³-hybridized carbons (Fsp3) is 0.688. The first-order valence-electron chi connectivity index (χ1n) is 9.19. The normalized spacial score (nSPS) is 39.3. The number of nitrogens with two attached hydrogens (primary N) is 1. The Kier molecular flexibility index (Phi) is 5.26. The van der Waals surface area contributed by atoms with E-state index in [-0.39, 0.29) is 25.1 Å². The van der Waals surface area contributed by atoms with E-state index in [0.29, 0.717) is 19.4 Å². The topological polar surface area (TPSA) is 161 Å². The number of phosphoric acid groups is 1. The Bertz CT molecular complexity index is 957. The molecule has 4 heterocycles. The Morgan fingerprint density at radius 3 is 2.90 bits per heavy atom. The summed E-state index contributed by atoms with van der Waals surface area (Å²) in [6.45, 7) is 1.82. The van der Waals surface area contributed by atoms with Crippen LogP contribution in [0.5, 0.6) is 0 Å². The zero-order valence-corrected chi connectivity index (χ0v) is 16.5. The fourth-order valence-corrected chi connectivity index (χ4v) is 5.21. The fourth-order valence-electron chi connectivity index (χ4n) is 3.72. The van der Waals surface area contributed by atoms with Gasteiger partial charge in [0.15, 0.2) is 6.23 Å². The Morgan fingerprint density at radius 1 is 1.41 bits per heavy atom. The summed E-state index contributed by atoms with van der Waals surface area (Å²) in [4.78, 5) is 37.1. The van der Waals surface area contributed by atoms with Crippen molar-refractivity contribution < 1.29 is 32.4 Å². The van der Waals surface area contributed by atoms with E-state index in [4.69, 9.17) is 28.8 Å². The van der Waals surface area contributed by atoms with Gasteiger partial charge in [-0.25, -0.2) is 9.36 Å². The molecule has 1 aromatic heterocycles. The van der Waals surface area contributed by atoms with Crippen LogP contribution in [0.1, 0.15) is 26.0 Å². The molecule has 3 fully saturated rings. The molecule has 3 N–H and O–H groups in total. The molecule has 29 heavy (non-hydrogen) atoms. The van der Waals surface area contributed by atoms with Gasteiger partial charge in [-0.1, -0.05) is 0 Å². The maximum Gasteiger partial charge on any atom is 0.475 e. The van der Waals surface area contributed by atoms with E-state index in [1.54, 1.807) is 6.92 Å². The molecule has 1 aromatic rings. The van der Waals surface area contributed by atoms with E-state index in [2.05, 4.69) is 4.98 Å². The Balaban J connectivity index is 1.45. The Morgan fingerprint density at radius 2 is 2.21 bits per heavy atom. The summed E-state index contributed by atoms with van der Waals surface area (Å²) in [5, 5.41) is 0. The van der Waals surface area contributed by atoms with Crippen molar-refractivity contribution >= 4 is 13.8 Å². The van der Waals surface area contributed by atoms with Crippen LogP contribution in [0.15, 0.2) is 21.9 Å². The standard InChI is InChI=1S/C16H22N3O9P/c1-16(17)12-10(27-14(16)19-5-2-11(20)18-15(19)22)8-26-29(23,28-12)25-7-4-9-3-6-24-13(9)21/h2,5,9-10,12,14H,3-4,6-8,17H2,1H3,(H,18,20,22)/t9?,10-,12-,14-,16-,29-/m1/s1. The summed E-state index contributed by atoms with van der Waals surface area (Å²) in [5.41, 5.74) is 3.87. The number of carbonyl (C=O) groups is 1. The van der Waals surface area contributed by atoms with Crippen LogP contribution in [0, 0.1) is 5.92 Å². The second-order valence-electron chi connectivity index (χ2n) is 7.45. The number of esters is 1. The summed E-state index contributed by atoms with van der Waals surface area (Å²) >= 11 is 0. The Hall–Kier alpha value is -1.82. The first-order valence-corrected chi connectivity index (χ1v) is 10.7. The first kappa shape index (κ1) is 20.5. The molecule has 4 rings (SSSR count). The average Bonchev–Trinajstić information content (AvgIpc) is 3.16.